The summed E-state index contributed by atoms with van der Waals surface area (Å²) in [5.74, 6) is 0.0521. The van der Waals surface area contributed by atoms with Crippen LogP contribution in [0.1, 0.15) is 26.4 Å². The largest absolute Gasteiger partial charge is 0.716 e. The summed E-state index contributed by atoms with van der Waals surface area (Å²) >= 11 is 0. The topological polar surface area (TPSA) is 39.1 Å². The minimum Gasteiger partial charge on any atom is -0.716 e. The van der Waals surface area contributed by atoms with Crippen LogP contribution in [0.4, 0.5) is 0 Å². The summed E-state index contributed by atoms with van der Waals surface area (Å²) in [5, 5.41) is 0.898. The molecule has 0 aliphatic carbocycles. The van der Waals surface area contributed by atoms with E-state index in [1.807, 2.05) is 90.4 Å². The molecule has 0 aliphatic heterocycles. The van der Waals surface area contributed by atoms with Crippen molar-refractivity contribution in [3.05, 3.63) is 95.7 Å². The zero-order valence-electron chi connectivity index (χ0n) is 14.4. The fraction of sp³-hybridized carbons (Fsp3) is 0.0909. The number of nitrogens with zero attached hydrogens (tertiary/aromatic N) is 1. The van der Waals surface area contributed by atoms with Gasteiger partial charge in [-0.2, -0.15) is 18.2 Å². The van der Waals surface area contributed by atoms with Crippen molar-refractivity contribution in [3.8, 4) is 0 Å². The van der Waals surface area contributed by atoms with Gasteiger partial charge in [-0.25, -0.2) is 17.9 Å². The van der Waals surface area contributed by atoms with Gasteiger partial charge in [0.25, 0.3) is 0 Å². The molecule has 0 aliphatic rings. The summed E-state index contributed by atoms with van der Waals surface area (Å²) in [6.45, 7) is 2.13. The fourth-order valence-electron chi connectivity index (χ4n) is 2.93. The second-order valence-corrected chi connectivity index (χ2v) is 5.78. The van der Waals surface area contributed by atoms with Crippen molar-refractivity contribution in [3.63, 3.8) is 0 Å². The van der Waals surface area contributed by atoms with E-state index in [0.29, 0.717) is 11.1 Å². The molecule has 4 rings (SSSR count). The molecule has 1 aromatic heterocycles. The zero-order valence-corrected chi connectivity index (χ0v) is 15.5. The summed E-state index contributed by atoms with van der Waals surface area (Å²) in [7, 11) is 0. The number of aldehydes is 1. The maximum atomic E-state index is 12.3. The molecule has 0 N–H and O–H groups in total. The summed E-state index contributed by atoms with van der Waals surface area (Å²) < 4.78 is 1.91. The molecule has 3 nitrogen and oxygen atoms in total. The minimum atomic E-state index is 0. The molecular formula is C22H19FeNO2-6. The summed E-state index contributed by atoms with van der Waals surface area (Å²) in [5.41, 5.74) is 3.12. The molecule has 4 heteroatoms. The number of Topliss-reactive ketones (excluding diaryl/α,β-unsaturated/α-hetero) is 1. The fourth-order valence-corrected chi connectivity index (χ4v) is 2.93. The number of carbonyl (C=O) groups is 2. The van der Waals surface area contributed by atoms with Crippen molar-refractivity contribution < 1.29 is 26.7 Å². The minimum absolute atomic E-state index is 0. The maximum Gasteiger partial charge on any atom is 0.152 e. The first kappa shape index (κ1) is 19.6. The first-order valence-corrected chi connectivity index (χ1v) is 8.17. The third-order valence-corrected chi connectivity index (χ3v) is 4.24. The average molecular weight is 385 g/mol. The Labute approximate surface area is 163 Å². The second kappa shape index (κ2) is 9.14. The van der Waals surface area contributed by atoms with Gasteiger partial charge in [0.15, 0.2) is 6.29 Å². The van der Waals surface area contributed by atoms with Gasteiger partial charge >= 0.3 is 0 Å². The maximum absolute atomic E-state index is 12.3. The van der Waals surface area contributed by atoms with Crippen LogP contribution in [-0.4, -0.2) is 16.6 Å². The van der Waals surface area contributed by atoms with E-state index in [2.05, 4.69) is 0 Å². The normalized spacial score (nSPS) is 9.88. The van der Waals surface area contributed by atoms with E-state index in [4.69, 9.17) is 0 Å². The summed E-state index contributed by atoms with van der Waals surface area (Å²) in [4.78, 5) is 23.5. The molecule has 26 heavy (non-hydrogen) atoms. The summed E-state index contributed by atoms with van der Waals surface area (Å²) in [6.07, 6.45) is 0.862. The Morgan fingerprint density at radius 1 is 1.12 bits per heavy atom. The summed E-state index contributed by atoms with van der Waals surface area (Å²) in [6, 6.07) is 25.0. The third-order valence-electron chi connectivity index (χ3n) is 4.24. The van der Waals surface area contributed by atoms with Crippen LogP contribution in [0.3, 0.4) is 0 Å². The van der Waals surface area contributed by atoms with Crippen LogP contribution in [0.5, 0.6) is 0 Å². The van der Waals surface area contributed by atoms with Crippen LogP contribution >= 0.6 is 0 Å². The zero-order chi connectivity index (χ0) is 17.6. The number of hydrogen-bond acceptors (Lipinski definition) is 2. The number of hydrogen-bond donors (Lipinski definition) is 0. The number of para-hydroxylation sites is 1. The predicted octanol–water partition coefficient (Wildman–Crippen LogP) is 4.77. The van der Waals surface area contributed by atoms with Gasteiger partial charge in [0.2, 0.25) is 0 Å². The molecule has 0 saturated heterocycles. The molecule has 138 valence electrons. The van der Waals surface area contributed by atoms with Gasteiger partial charge in [-0.05, 0) is 19.5 Å². The molecule has 0 unspecified atom stereocenters. The number of benzene rings is 1. The number of fused-ring (bicyclic) bond motifs is 1. The third kappa shape index (κ3) is 4.10. The first-order chi connectivity index (χ1) is 12.2. The molecule has 4 aromatic rings. The Morgan fingerprint density at radius 3 is 2.35 bits per heavy atom. The number of aromatic nitrogens is 1. The Bertz CT molecular complexity index is 946. The Hall–Kier alpha value is -2.68. The van der Waals surface area contributed by atoms with Gasteiger partial charge < -0.3 is 39.2 Å². The number of rotatable bonds is 4. The molecule has 0 radical (unpaired) electrons. The standard InChI is InChI=1S/C17H14NO2.C5H5.Fe/c1-12-15(11-19)14-8-4-5-9-16(14)18(12)10-17(20)13-6-2-3-7-13;1-2-4-5-3-1;/h2-9,11H,10H2,1H3;1-5H;/q-5;-1;. The molecule has 0 bridgehead atoms. The number of carbonyl (C=O) groups excluding carboxylic acids is 2. The van der Waals surface area contributed by atoms with Crippen LogP contribution in [0, 0.1) is 6.92 Å². The molecule has 3 aromatic carbocycles. The first-order valence-electron chi connectivity index (χ1n) is 8.17. The van der Waals surface area contributed by atoms with E-state index >= 15 is 0 Å². The van der Waals surface area contributed by atoms with Crippen LogP contribution in [0.25, 0.3) is 10.9 Å². The average Bonchev–Trinajstić information content (AvgIpc) is 3.39. The van der Waals surface area contributed by atoms with Crippen LogP contribution < -0.4 is 0 Å². The number of ketones is 1. The van der Waals surface area contributed by atoms with Crippen molar-refractivity contribution in [2.75, 3.05) is 0 Å². The van der Waals surface area contributed by atoms with E-state index < -0.39 is 0 Å². The van der Waals surface area contributed by atoms with Crippen molar-refractivity contribution in [2.24, 2.45) is 0 Å². The van der Waals surface area contributed by atoms with Crippen LogP contribution in [0.2, 0.25) is 0 Å². The molecule has 0 spiro atoms. The molecule has 0 saturated carbocycles. The van der Waals surface area contributed by atoms with E-state index in [-0.39, 0.29) is 29.4 Å². The van der Waals surface area contributed by atoms with Crippen molar-refractivity contribution in [1.29, 1.82) is 0 Å². The Morgan fingerprint density at radius 2 is 1.77 bits per heavy atom. The van der Waals surface area contributed by atoms with E-state index in [1.54, 1.807) is 0 Å². The van der Waals surface area contributed by atoms with Crippen molar-refractivity contribution in [1.82, 2.24) is 4.57 Å². The van der Waals surface area contributed by atoms with E-state index in [9.17, 15) is 9.59 Å². The molecule has 0 amide bonds. The van der Waals surface area contributed by atoms with E-state index in [0.717, 1.165) is 22.9 Å². The van der Waals surface area contributed by atoms with Gasteiger partial charge in [-0.15, -0.1) is 0 Å². The van der Waals surface area contributed by atoms with Crippen molar-refractivity contribution in [2.45, 2.75) is 13.5 Å². The Balaban J connectivity index is 0.000000351. The van der Waals surface area contributed by atoms with Crippen LogP contribution in [-0.2, 0) is 23.6 Å². The predicted molar refractivity (Wildman–Crippen MR) is 100 cm³/mol. The Kier molecular flexibility index (Phi) is 6.90. The molecular weight excluding hydrogens is 366 g/mol. The molecule has 1 heterocycles. The smallest absolute Gasteiger partial charge is 0.152 e. The van der Waals surface area contributed by atoms with Crippen molar-refractivity contribution >= 4 is 23.0 Å². The SMILES string of the molecule is Cc1c(C=O)c2ccccc2n1CC(=O)[c-]1[cH-][cH-][cH-][cH-]1.[Fe].c1cc[cH-]c1. The van der Waals surface area contributed by atoms with Gasteiger partial charge in [0, 0.05) is 39.2 Å². The van der Waals surface area contributed by atoms with Gasteiger partial charge in [-0.3, -0.25) is 4.79 Å². The monoisotopic (exact) mass is 385 g/mol. The second-order valence-electron chi connectivity index (χ2n) is 5.78. The van der Waals surface area contributed by atoms with Gasteiger partial charge in [0.05, 0.1) is 0 Å². The quantitative estimate of drug-likeness (QED) is 0.220. The van der Waals surface area contributed by atoms with Gasteiger partial charge in [0.1, 0.15) is 0 Å². The molecule has 0 atom stereocenters. The van der Waals surface area contributed by atoms with Crippen LogP contribution in [0.15, 0.2) is 78.9 Å². The molecule has 0 fully saturated rings. The van der Waals surface area contributed by atoms with Gasteiger partial charge in [-0.1, -0.05) is 18.2 Å². The van der Waals surface area contributed by atoms with E-state index in [1.165, 1.54) is 0 Å².